The van der Waals surface area contributed by atoms with Crippen molar-refractivity contribution in [3.63, 3.8) is 0 Å². The van der Waals surface area contributed by atoms with Crippen LogP contribution in [-0.4, -0.2) is 14.2 Å². The van der Waals surface area contributed by atoms with E-state index in [0.29, 0.717) is 0 Å². The van der Waals surface area contributed by atoms with E-state index in [2.05, 4.69) is 56.5 Å². The van der Waals surface area contributed by atoms with E-state index in [-0.39, 0.29) is 5.41 Å². The van der Waals surface area contributed by atoms with Gasteiger partial charge in [-0.1, -0.05) is 44.7 Å². The molecule has 0 atom stereocenters. The van der Waals surface area contributed by atoms with Gasteiger partial charge < -0.3 is 9.47 Å². The van der Waals surface area contributed by atoms with Crippen LogP contribution in [0.3, 0.4) is 0 Å². The Balaban J connectivity index is 2.07. The molecule has 0 bridgehead atoms. The molecule has 0 N–H and O–H groups in total. The Bertz CT molecular complexity index is 645. The molecule has 0 spiro atoms. The van der Waals surface area contributed by atoms with Gasteiger partial charge in [-0.3, -0.25) is 0 Å². The Morgan fingerprint density at radius 1 is 0.870 bits per heavy atom. The first kappa shape index (κ1) is 17.5. The van der Waals surface area contributed by atoms with Gasteiger partial charge in [-0.2, -0.15) is 0 Å². The molecule has 2 aromatic carbocycles. The molecule has 0 aliphatic heterocycles. The van der Waals surface area contributed by atoms with Gasteiger partial charge in [0.15, 0.2) is 0 Å². The van der Waals surface area contributed by atoms with Crippen molar-refractivity contribution in [3.05, 3.63) is 59.0 Å². The highest BCUT2D eigenvalue weighted by molar-refractivity contribution is 8.02. The number of ether oxygens (including phenoxy) is 2. The zero-order valence-electron chi connectivity index (χ0n) is 14.4. The van der Waals surface area contributed by atoms with E-state index in [0.717, 1.165) is 17.1 Å². The largest absolute Gasteiger partial charge is 0.497 e. The summed E-state index contributed by atoms with van der Waals surface area (Å²) in [5, 5.41) is 2.08. The lowest BCUT2D eigenvalue weighted by molar-refractivity contribution is 0.394. The third-order valence-electron chi connectivity index (χ3n) is 3.56. The van der Waals surface area contributed by atoms with Crippen molar-refractivity contribution in [3.8, 4) is 11.5 Å². The highest BCUT2D eigenvalue weighted by Gasteiger charge is 2.12. The van der Waals surface area contributed by atoms with Gasteiger partial charge in [0.05, 0.1) is 14.2 Å². The highest BCUT2D eigenvalue weighted by atomic mass is 32.2. The second-order valence-electron chi connectivity index (χ2n) is 6.34. The number of hydrogen-bond acceptors (Lipinski definition) is 3. The molecule has 0 saturated carbocycles. The molecule has 0 radical (unpaired) electrons. The van der Waals surface area contributed by atoms with Crippen molar-refractivity contribution >= 4 is 17.8 Å². The summed E-state index contributed by atoms with van der Waals surface area (Å²) in [6.07, 6.45) is 2.06. The second kappa shape index (κ2) is 7.60. The second-order valence-corrected chi connectivity index (χ2v) is 7.32. The van der Waals surface area contributed by atoms with Crippen molar-refractivity contribution in [1.82, 2.24) is 0 Å². The molecule has 0 fully saturated rings. The van der Waals surface area contributed by atoms with Gasteiger partial charge in [-0.25, -0.2) is 0 Å². The van der Waals surface area contributed by atoms with Crippen molar-refractivity contribution in [1.29, 1.82) is 0 Å². The van der Waals surface area contributed by atoms with Gasteiger partial charge in [0, 0.05) is 11.0 Å². The van der Waals surface area contributed by atoms with Gasteiger partial charge in [-0.15, -0.1) is 0 Å². The molecule has 2 rings (SSSR count). The molecule has 2 aromatic rings. The minimum atomic E-state index is 0.191. The molecule has 2 nitrogen and oxygen atoms in total. The average molecular weight is 328 g/mol. The SMILES string of the molecule is COc1cc(/C=C/Sc2ccc(C(C)(C)C)cc2)cc(OC)c1. The lowest BCUT2D eigenvalue weighted by atomic mass is 9.87. The molecule has 122 valence electrons. The maximum Gasteiger partial charge on any atom is 0.123 e. The predicted octanol–water partition coefficient (Wildman–Crippen LogP) is 5.76. The summed E-state index contributed by atoms with van der Waals surface area (Å²) in [5.74, 6) is 1.59. The normalized spacial score (nSPS) is 11.7. The Morgan fingerprint density at radius 2 is 1.43 bits per heavy atom. The summed E-state index contributed by atoms with van der Waals surface area (Å²) in [6.45, 7) is 6.68. The molecule has 0 aliphatic carbocycles. The van der Waals surface area contributed by atoms with Gasteiger partial charge in [0.1, 0.15) is 11.5 Å². The third-order valence-corrected chi connectivity index (χ3v) is 4.38. The topological polar surface area (TPSA) is 18.5 Å². The summed E-state index contributed by atoms with van der Waals surface area (Å²) in [4.78, 5) is 1.23. The van der Waals surface area contributed by atoms with Crippen molar-refractivity contribution in [2.24, 2.45) is 0 Å². The zero-order chi connectivity index (χ0) is 16.9. The maximum atomic E-state index is 5.29. The van der Waals surface area contributed by atoms with E-state index in [4.69, 9.17) is 9.47 Å². The maximum absolute atomic E-state index is 5.29. The van der Waals surface area contributed by atoms with Crippen LogP contribution in [0.5, 0.6) is 11.5 Å². The summed E-state index contributed by atoms with van der Waals surface area (Å²) >= 11 is 1.70. The molecule has 0 heterocycles. The Kier molecular flexibility index (Phi) is 5.78. The summed E-state index contributed by atoms with van der Waals surface area (Å²) in [6, 6.07) is 14.6. The number of hydrogen-bond donors (Lipinski definition) is 0. The number of benzene rings is 2. The molecule has 3 heteroatoms. The molecule has 0 aromatic heterocycles. The first-order valence-corrected chi connectivity index (χ1v) is 8.47. The Hall–Kier alpha value is -1.87. The van der Waals surface area contributed by atoms with E-state index >= 15 is 0 Å². The Labute approximate surface area is 143 Å². The lowest BCUT2D eigenvalue weighted by Gasteiger charge is -2.18. The minimum absolute atomic E-state index is 0.191. The van der Waals surface area contributed by atoms with Crippen molar-refractivity contribution in [2.45, 2.75) is 31.1 Å². The molecule has 0 amide bonds. The molecule has 0 saturated heterocycles. The minimum Gasteiger partial charge on any atom is -0.497 e. The van der Waals surface area contributed by atoms with E-state index in [1.165, 1.54) is 10.5 Å². The summed E-state index contributed by atoms with van der Waals surface area (Å²) in [7, 11) is 3.32. The predicted molar refractivity (Wildman–Crippen MR) is 99.6 cm³/mol. The fraction of sp³-hybridized carbons (Fsp3) is 0.300. The Morgan fingerprint density at radius 3 is 1.91 bits per heavy atom. The van der Waals surface area contributed by atoms with Crippen LogP contribution < -0.4 is 9.47 Å². The van der Waals surface area contributed by atoms with Crippen LogP contribution in [0.2, 0.25) is 0 Å². The standard InChI is InChI=1S/C20H24O2S/c1-20(2,3)16-6-8-19(9-7-16)23-11-10-15-12-17(21-4)14-18(13-15)22-5/h6-14H,1-5H3/b11-10+. The van der Waals surface area contributed by atoms with Crippen LogP contribution in [0.25, 0.3) is 6.08 Å². The van der Waals surface area contributed by atoms with Crippen molar-refractivity contribution < 1.29 is 9.47 Å². The van der Waals surface area contributed by atoms with E-state index in [9.17, 15) is 0 Å². The van der Waals surface area contributed by atoms with Crippen LogP contribution >= 0.6 is 11.8 Å². The van der Waals surface area contributed by atoms with Crippen LogP contribution in [0.4, 0.5) is 0 Å². The number of rotatable bonds is 5. The van der Waals surface area contributed by atoms with Crippen LogP contribution in [0.1, 0.15) is 31.9 Å². The molecule has 0 aliphatic rings. The first-order valence-electron chi connectivity index (χ1n) is 7.59. The molecular weight excluding hydrogens is 304 g/mol. The molecule has 23 heavy (non-hydrogen) atoms. The van der Waals surface area contributed by atoms with Crippen molar-refractivity contribution in [2.75, 3.05) is 14.2 Å². The number of thioether (sulfide) groups is 1. The quantitative estimate of drug-likeness (QED) is 0.650. The van der Waals surface area contributed by atoms with E-state index < -0.39 is 0 Å². The highest BCUT2D eigenvalue weighted by Crippen LogP contribution is 2.28. The summed E-state index contributed by atoms with van der Waals surface area (Å²) in [5.41, 5.74) is 2.60. The van der Waals surface area contributed by atoms with Gasteiger partial charge in [0.25, 0.3) is 0 Å². The third kappa shape index (κ3) is 5.07. The van der Waals surface area contributed by atoms with Crippen LogP contribution in [0.15, 0.2) is 52.8 Å². The molecular formula is C20H24O2S. The first-order chi connectivity index (χ1) is 10.9. The fourth-order valence-corrected chi connectivity index (χ4v) is 2.83. The fourth-order valence-electron chi connectivity index (χ4n) is 2.15. The lowest BCUT2D eigenvalue weighted by Crippen LogP contribution is -2.10. The van der Waals surface area contributed by atoms with Gasteiger partial charge in [0.2, 0.25) is 0 Å². The van der Waals surface area contributed by atoms with Gasteiger partial charge in [-0.05, 0) is 52.3 Å². The summed E-state index contributed by atoms with van der Waals surface area (Å²) < 4.78 is 10.6. The molecule has 0 unspecified atom stereocenters. The van der Waals surface area contributed by atoms with E-state index in [1.807, 2.05) is 18.2 Å². The van der Waals surface area contributed by atoms with E-state index in [1.54, 1.807) is 26.0 Å². The van der Waals surface area contributed by atoms with Crippen LogP contribution in [-0.2, 0) is 5.41 Å². The average Bonchev–Trinajstić information content (AvgIpc) is 2.54. The van der Waals surface area contributed by atoms with Crippen LogP contribution in [0, 0.1) is 0 Å². The van der Waals surface area contributed by atoms with Gasteiger partial charge >= 0.3 is 0 Å². The monoisotopic (exact) mass is 328 g/mol. The number of methoxy groups -OCH3 is 2. The zero-order valence-corrected chi connectivity index (χ0v) is 15.2. The smallest absolute Gasteiger partial charge is 0.123 e.